The average Bonchev–Trinajstić information content (AvgIpc) is 2.75. The van der Waals surface area contributed by atoms with E-state index in [1.807, 2.05) is 26.0 Å². The number of anilines is 1. The molecule has 1 heterocycles. The molecule has 1 aliphatic rings. The van der Waals surface area contributed by atoms with Crippen molar-refractivity contribution in [1.29, 1.82) is 0 Å². The van der Waals surface area contributed by atoms with E-state index in [0.29, 0.717) is 13.0 Å². The van der Waals surface area contributed by atoms with Gasteiger partial charge in [-0.3, -0.25) is 0 Å². The number of hydrogen-bond donors (Lipinski definition) is 0. The van der Waals surface area contributed by atoms with Gasteiger partial charge in [-0.15, -0.1) is 0 Å². The van der Waals surface area contributed by atoms with Crippen LogP contribution in [-0.4, -0.2) is 30.1 Å². The van der Waals surface area contributed by atoms with Gasteiger partial charge in [-0.1, -0.05) is 37.0 Å². The first-order valence-corrected chi connectivity index (χ1v) is 9.84. The van der Waals surface area contributed by atoms with Crippen molar-refractivity contribution in [2.75, 3.05) is 17.2 Å². The van der Waals surface area contributed by atoms with Crippen molar-refractivity contribution in [2.45, 2.75) is 31.6 Å². The monoisotopic (exact) mass is 356 g/mol. The fourth-order valence-corrected chi connectivity index (χ4v) is 3.99. The molecule has 0 bridgehead atoms. The summed E-state index contributed by atoms with van der Waals surface area (Å²) in [5.41, 5.74) is 2.19. The summed E-state index contributed by atoms with van der Waals surface area (Å²) in [5.74, 6) is -0.346. The first kappa shape index (κ1) is 17.5. The van der Waals surface area contributed by atoms with Gasteiger partial charge in [-0.2, -0.15) is 0 Å². The molecule has 120 valence electrons. The van der Waals surface area contributed by atoms with Crippen LogP contribution in [0.2, 0.25) is 0 Å². The predicted molar refractivity (Wildman–Crippen MR) is 94.5 cm³/mol. The second-order valence-corrected chi connectivity index (χ2v) is 8.25. The molecule has 4 nitrogen and oxygen atoms in total. The quantitative estimate of drug-likeness (QED) is 0.442. The molecule has 0 unspecified atom stereocenters. The van der Waals surface area contributed by atoms with Crippen molar-refractivity contribution in [3.63, 3.8) is 0 Å². The Kier molecular flexibility index (Phi) is 5.65. The van der Waals surface area contributed by atoms with Crippen LogP contribution in [0.3, 0.4) is 0 Å². The molecule has 1 aliphatic heterocycles. The molecular weight excluding hydrogens is 338 g/mol. The van der Waals surface area contributed by atoms with Crippen molar-refractivity contribution < 1.29 is 13.0 Å². The number of nitrogens with zero attached hydrogens (tertiary/aromatic N) is 1. The van der Waals surface area contributed by atoms with Gasteiger partial charge in [0, 0.05) is 22.1 Å². The van der Waals surface area contributed by atoms with E-state index < -0.39 is 10.1 Å². The van der Waals surface area contributed by atoms with Crippen LogP contribution in [0.1, 0.15) is 25.3 Å². The zero-order valence-corrected chi connectivity index (χ0v) is 15.0. The van der Waals surface area contributed by atoms with E-state index >= 15 is 0 Å². The first-order chi connectivity index (χ1) is 10.3. The Morgan fingerprint density at radius 3 is 2.82 bits per heavy atom. The van der Waals surface area contributed by atoms with E-state index in [-0.39, 0.29) is 5.75 Å². The number of thiocarbonyl (C=S) groups is 1. The lowest BCUT2D eigenvalue weighted by Crippen LogP contribution is -2.22. The van der Waals surface area contributed by atoms with Crippen molar-refractivity contribution >= 4 is 44.6 Å². The number of rotatable bonds is 6. The van der Waals surface area contributed by atoms with Crippen LogP contribution >= 0.6 is 24.0 Å². The number of hydrogen-bond acceptors (Lipinski definition) is 6. The molecule has 0 fully saturated rings. The van der Waals surface area contributed by atoms with Gasteiger partial charge in [0.15, 0.2) is 0 Å². The topological polar surface area (TPSA) is 60.4 Å². The van der Waals surface area contributed by atoms with Crippen molar-refractivity contribution in [3.05, 3.63) is 34.9 Å². The van der Waals surface area contributed by atoms with E-state index in [4.69, 9.17) is 12.2 Å². The summed E-state index contributed by atoms with van der Waals surface area (Å²) in [4.78, 5) is 4.04. The second kappa shape index (κ2) is 7.12. The fourth-order valence-electron chi connectivity index (χ4n) is 2.19. The Balaban J connectivity index is 2.25. The lowest BCUT2D eigenvalue weighted by atomic mass is 10.2. The summed E-state index contributed by atoms with van der Waals surface area (Å²) < 4.78 is 32.4. The molecule has 0 aromatic heterocycles. The van der Waals surface area contributed by atoms with E-state index in [0.717, 1.165) is 32.5 Å². The van der Waals surface area contributed by atoms with Crippen LogP contribution in [0.5, 0.6) is 0 Å². The number of benzene rings is 1. The molecule has 0 saturated heterocycles. The molecule has 0 aliphatic carbocycles. The van der Waals surface area contributed by atoms with Crippen LogP contribution in [0, 0.1) is 6.92 Å². The molecule has 0 saturated carbocycles. The van der Waals surface area contributed by atoms with Crippen LogP contribution in [0.25, 0.3) is 0 Å². The highest BCUT2D eigenvalue weighted by Gasteiger charge is 2.25. The standard InChI is InChI=1S/C15H19NO3S3/c1-3-12(20)10-15-16(7-4-8-22(17,18)19)13-9-11(2)5-6-14(13)21-15/h5-6,9-10H,3-4,7-8H2,1-2H3,(H,17,18,19)/p-1/b15-10-. The maximum Gasteiger partial charge on any atom is 0.0946 e. The Labute approximate surface area is 141 Å². The van der Waals surface area contributed by atoms with Gasteiger partial charge in [-0.25, -0.2) is 8.42 Å². The van der Waals surface area contributed by atoms with E-state index in [1.54, 1.807) is 11.8 Å². The third-order valence-corrected chi connectivity index (χ3v) is 5.60. The second-order valence-electron chi connectivity index (χ2n) is 5.14. The maximum atomic E-state index is 10.8. The van der Waals surface area contributed by atoms with Gasteiger partial charge < -0.3 is 9.45 Å². The molecule has 0 atom stereocenters. The highest BCUT2D eigenvalue weighted by atomic mass is 32.2. The molecule has 2 rings (SSSR count). The van der Waals surface area contributed by atoms with Gasteiger partial charge in [0.25, 0.3) is 0 Å². The summed E-state index contributed by atoms with van der Waals surface area (Å²) in [6.07, 6.45) is 3.05. The summed E-state index contributed by atoms with van der Waals surface area (Å²) >= 11 is 6.92. The average molecular weight is 357 g/mol. The molecule has 22 heavy (non-hydrogen) atoms. The largest absolute Gasteiger partial charge is 0.748 e. The Hall–Kier alpha value is -0.890. The first-order valence-electron chi connectivity index (χ1n) is 7.04. The van der Waals surface area contributed by atoms with E-state index in [1.165, 1.54) is 0 Å². The SMILES string of the molecule is CCC(=S)/C=C1\Sc2ccc(C)cc2N1CCCS(=O)(=O)[O-]. The van der Waals surface area contributed by atoms with Gasteiger partial charge in [0.05, 0.1) is 20.8 Å². The van der Waals surface area contributed by atoms with Crippen LogP contribution < -0.4 is 4.90 Å². The van der Waals surface area contributed by atoms with Gasteiger partial charge in [0.1, 0.15) is 0 Å². The lowest BCUT2D eigenvalue weighted by Gasteiger charge is -2.21. The zero-order chi connectivity index (χ0) is 16.3. The number of thioether (sulfide) groups is 1. The minimum atomic E-state index is -4.18. The molecule has 0 amide bonds. The smallest absolute Gasteiger partial charge is 0.0946 e. The van der Waals surface area contributed by atoms with E-state index in [9.17, 15) is 13.0 Å². The Morgan fingerprint density at radius 2 is 2.18 bits per heavy atom. The molecule has 7 heteroatoms. The van der Waals surface area contributed by atoms with Crippen LogP contribution in [-0.2, 0) is 10.1 Å². The van der Waals surface area contributed by atoms with Crippen LogP contribution in [0.4, 0.5) is 5.69 Å². The Bertz CT molecular complexity index is 711. The zero-order valence-electron chi connectivity index (χ0n) is 12.5. The number of allylic oxidation sites excluding steroid dienone is 1. The molecule has 0 spiro atoms. The van der Waals surface area contributed by atoms with Gasteiger partial charge in [0.2, 0.25) is 0 Å². The third kappa shape index (κ3) is 4.55. The number of fused-ring (bicyclic) bond motifs is 1. The third-order valence-electron chi connectivity index (χ3n) is 3.29. The summed E-state index contributed by atoms with van der Waals surface area (Å²) in [7, 11) is -4.18. The highest BCUT2D eigenvalue weighted by Crippen LogP contribution is 2.46. The van der Waals surface area contributed by atoms with Crippen molar-refractivity contribution in [1.82, 2.24) is 0 Å². The van der Waals surface area contributed by atoms with Crippen molar-refractivity contribution in [3.8, 4) is 0 Å². The van der Waals surface area contributed by atoms with Gasteiger partial charge in [-0.05, 0) is 43.5 Å². The lowest BCUT2D eigenvalue weighted by molar-refractivity contribution is 0.461. The van der Waals surface area contributed by atoms with Crippen LogP contribution in [0.15, 0.2) is 34.2 Å². The normalized spacial score (nSPS) is 16.1. The minimum absolute atomic E-state index is 0.302. The maximum absolute atomic E-state index is 10.8. The highest BCUT2D eigenvalue weighted by molar-refractivity contribution is 8.03. The van der Waals surface area contributed by atoms with Crippen molar-refractivity contribution in [2.24, 2.45) is 0 Å². The van der Waals surface area contributed by atoms with Gasteiger partial charge >= 0.3 is 0 Å². The predicted octanol–water partition coefficient (Wildman–Crippen LogP) is 3.46. The fraction of sp³-hybridized carbons (Fsp3) is 0.400. The molecule has 1 aromatic carbocycles. The number of aryl methyl sites for hydroxylation is 1. The summed E-state index contributed by atoms with van der Waals surface area (Å²) in [5, 5.41) is 0.996. The minimum Gasteiger partial charge on any atom is -0.748 e. The molecule has 0 N–H and O–H groups in total. The summed E-state index contributed by atoms with van der Waals surface area (Å²) in [6.45, 7) is 4.51. The summed E-state index contributed by atoms with van der Waals surface area (Å²) in [6, 6.07) is 6.18. The molecule has 1 aromatic rings. The molecule has 0 radical (unpaired) electrons. The Morgan fingerprint density at radius 1 is 1.45 bits per heavy atom. The van der Waals surface area contributed by atoms with E-state index in [2.05, 4.69) is 17.0 Å². The molecular formula is C15H18NO3S3-.